The summed E-state index contributed by atoms with van der Waals surface area (Å²) in [7, 11) is 0.509. The summed E-state index contributed by atoms with van der Waals surface area (Å²) < 4.78 is 20.4. The van der Waals surface area contributed by atoms with Gasteiger partial charge in [-0.1, -0.05) is 12.2 Å². The van der Waals surface area contributed by atoms with Crippen molar-refractivity contribution in [3.05, 3.63) is 22.0 Å². The molecule has 0 aliphatic carbocycles. The molecule has 2 N–H and O–H groups in total. The van der Waals surface area contributed by atoms with Crippen molar-refractivity contribution >= 4 is 71.6 Å². The normalized spacial score (nSPS) is 8.26. The van der Waals surface area contributed by atoms with E-state index in [4.69, 9.17) is 5.53 Å². The monoisotopic (exact) mass is 439 g/mol. The van der Waals surface area contributed by atoms with Crippen molar-refractivity contribution in [2.24, 2.45) is 5.22 Å². The van der Waals surface area contributed by atoms with Crippen LogP contribution in [0.1, 0.15) is 0 Å². The maximum absolute atomic E-state index is 10.0. The summed E-state index contributed by atoms with van der Waals surface area (Å²) >= 11 is 11.0. The van der Waals surface area contributed by atoms with Gasteiger partial charge in [0.2, 0.25) is 0 Å². The Balaban J connectivity index is 0.000000342. The van der Waals surface area contributed by atoms with Gasteiger partial charge in [-0.25, -0.2) is 4.98 Å². The number of aromatic nitrogens is 1. The van der Waals surface area contributed by atoms with Gasteiger partial charge in [0.25, 0.3) is 0 Å². The molecule has 1 heterocycles. The van der Waals surface area contributed by atoms with Crippen LogP contribution in [0.15, 0.2) is 16.8 Å². The van der Waals surface area contributed by atoms with Crippen LogP contribution in [0.25, 0.3) is 10.4 Å². The number of rotatable bonds is 3. The molecule has 14 heteroatoms. The first-order valence-corrected chi connectivity index (χ1v) is 10.9. The third-order valence-electron chi connectivity index (χ3n) is 0.976. The van der Waals surface area contributed by atoms with Crippen molar-refractivity contribution < 1.29 is 22.8 Å². The van der Waals surface area contributed by atoms with Crippen LogP contribution >= 0.6 is 57.9 Å². The molecule has 19 heavy (non-hydrogen) atoms. The van der Waals surface area contributed by atoms with E-state index in [2.05, 4.69) is 57.5 Å². The Morgan fingerprint density at radius 2 is 2.32 bits per heavy atom. The van der Waals surface area contributed by atoms with Crippen LogP contribution in [-0.4, -0.2) is 13.6 Å². The minimum atomic E-state index is -3.50. The molecular weight excluding hydrogens is 432 g/mol. The quantitative estimate of drug-likeness (QED) is 0.126. The van der Waals surface area contributed by atoms with Crippen LogP contribution < -0.4 is 10.7 Å². The molecule has 0 spiro atoms. The minimum absolute atomic E-state index is 0.0422. The van der Waals surface area contributed by atoms with E-state index in [0.717, 1.165) is 5.13 Å². The third-order valence-corrected chi connectivity index (χ3v) is 5.68. The number of thiol groups is 1. The van der Waals surface area contributed by atoms with Gasteiger partial charge in [-0.3, -0.25) is 0 Å². The van der Waals surface area contributed by atoms with Gasteiger partial charge in [-0.05, 0) is 0 Å². The van der Waals surface area contributed by atoms with Gasteiger partial charge in [0.05, 0.1) is 0 Å². The van der Waals surface area contributed by atoms with Gasteiger partial charge < -0.3 is 5.32 Å². The predicted molar refractivity (Wildman–Crippen MR) is 81.2 cm³/mol. The van der Waals surface area contributed by atoms with Crippen LogP contribution in [0, 0.1) is 0 Å². The summed E-state index contributed by atoms with van der Waals surface area (Å²) in [4.78, 5) is 6.24. The average Bonchev–Trinajstić information content (AvgIpc) is 2.78. The standard InChI is InChI=1S/C4H4N2S3.CH2N4S2.Mo.2O/c7-4(8)6-3-5-1-2-9-3;2-4-5-3-1(6)7;;;/h1-2H,(H2,5,6,7,8);(H2,3,6,7);;;/q;;+1;;/p-1. The molecule has 0 saturated carbocycles. The number of nitrogens with one attached hydrogen (secondary N) is 2. The molecule has 0 fully saturated rings. The molecule has 0 unspecified atom stereocenters. The summed E-state index contributed by atoms with van der Waals surface area (Å²) in [6.45, 7) is 0. The number of thiazole rings is 1. The molecular formula is C5H5MoN6O2S5. The Kier molecular flexibility index (Phi) is 11.4. The van der Waals surface area contributed by atoms with E-state index in [9.17, 15) is 6.80 Å². The first kappa shape index (κ1) is 18.7. The second-order valence-electron chi connectivity index (χ2n) is 2.14. The zero-order valence-corrected chi connectivity index (χ0v) is 14.9. The molecule has 0 aromatic carbocycles. The van der Waals surface area contributed by atoms with Gasteiger partial charge >= 0.3 is 69.9 Å². The Morgan fingerprint density at radius 3 is 2.74 bits per heavy atom. The maximum atomic E-state index is 10.0. The number of hydrogen-bond acceptors (Lipinski definition) is 8. The van der Waals surface area contributed by atoms with Crippen molar-refractivity contribution in [2.75, 3.05) is 5.32 Å². The summed E-state index contributed by atoms with van der Waals surface area (Å²) in [6.07, 6.45) is 1.71. The average molecular weight is 437 g/mol. The van der Waals surface area contributed by atoms with E-state index in [1.54, 1.807) is 6.20 Å². The van der Waals surface area contributed by atoms with Gasteiger partial charge in [0, 0.05) is 11.6 Å². The van der Waals surface area contributed by atoms with E-state index in [1.807, 2.05) is 10.8 Å². The predicted octanol–water partition coefficient (Wildman–Crippen LogP) is 2.81. The molecule has 0 radical (unpaired) electrons. The Labute approximate surface area is 136 Å². The molecule has 0 atom stereocenters. The van der Waals surface area contributed by atoms with E-state index in [-0.39, 0.29) is 4.32 Å². The van der Waals surface area contributed by atoms with Crippen LogP contribution in [0.2, 0.25) is 0 Å². The molecule has 0 aliphatic rings. The second kappa shape index (κ2) is 11.5. The van der Waals surface area contributed by atoms with Crippen LogP contribution in [-0.2, 0) is 22.8 Å². The van der Waals surface area contributed by atoms with Gasteiger partial charge in [-0.15, -0.1) is 24.0 Å². The van der Waals surface area contributed by atoms with Crippen LogP contribution in [0.3, 0.4) is 0 Å². The zero-order chi connectivity index (χ0) is 14.7. The molecule has 1 aromatic heterocycles. The molecule has 0 amide bonds. The number of hydrogen-bond donors (Lipinski definition) is 3. The fourth-order valence-electron chi connectivity index (χ4n) is 0.520. The molecule has 0 saturated heterocycles. The topological polar surface area (TPSA) is 120 Å². The fourth-order valence-corrected chi connectivity index (χ4v) is 3.81. The number of nitrogens with zero attached hydrogens (tertiary/aromatic N) is 4. The van der Waals surface area contributed by atoms with Crippen molar-refractivity contribution in [1.29, 1.82) is 0 Å². The third kappa shape index (κ3) is 12.5. The van der Waals surface area contributed by atoms with Crippen molar-refractivity contribution in [3.63, 3.8) is 0 Å². The summed E-state index contributed by atoms with van der Waals surface area (Å²) in [5.74, 6) is 0. The first-order chi connectivity index (χ1) is 8.95. The first-order valence-electron chi connectivity index (χ1n) is 3.96. The van der Waals surface area contributed by atoms with Gasteiger partial charge in [0.1, 0.15) is 4.32 Å². The van der Waals surface area contributed by atoms with E-state index in [0.29, 0.717) is 13.8 Å². The van der Waals surface area contributed by atoms with Gasteiger partial charge in [-0.2, -0.15) is 0 Å². The number of thiocarbonyl (C=S) groups is 2. The second-order valence-corrected chi connectivity index (χ2v) is 9.28. The Hall–Kier alpha value is -0.292. The Bertz CT molecular complexity index is 530. The number of azide groups is 1. The number of anilines is 1. The van der Waals surface area contributed by atoms with Crippen molar-refractivity contribution in [2.45, 2.75) is 0 Å². The molecule has 1 aromatic rings. The SMILES string of the molecule is S=C(S)Nc1nccs1.[N-]=[N+]=NNC(=S)[S][Mo](=[O])=[O]. The molecule has 8 nitrogen and oxygen atoms in total. The summed E-state index contributed by atoms with van der Waals surface area (Å²) in [6, 6.07) is 0. The zero-order valence-electron chi connectivity index (χ0n) is 8.75. The molecule has 103 valence electrons. The van der Waals surface area contributed by atoms with E-state index < -0.39 is 16.0 Å². The summed E-state index contributed by atoms with van der Waals surface area (Å²) in [5, 5.41) is 8.29. The summed E-state index contributed by atoms with van der Waals surface area (Å²) in [5.41, 5.74) is 9.74. The van der Waals surface area contributed by atoms with Gasteiger partial charge in [0.15, 0.2) is 5.13 Å². The molecule has 0 aliphatic heterocycles. The Morgan fingerprint density at radius 1 is 1.63 bits per heavy atom. The van der Waals surface area contributed by atoms with Crippen molar-refractivity contribution in [3.8, 4) is 0 Å². The van der Waals surface area contributed by atoms with E-state index >= 15 is 0 Å². The van der Waals surface area contributed by atoms with Crippen molar-refractivity contribution in [1.82, 2.24) is 10.4 Å². The van der Waals surface area contributed by atoms with Crippen LogP contribution in [0.5, 0.6) is 0 Å². The van der Waals surface area contributed by atoms with Crippen LogP contribution in [0.4, 0.5) is 5.13 Å². The molecule has 1 rings (SSSR count). The van der Waals surface area contributed by atoms with E-state index in [1.165, 1.54) is 11.3 Å². The molecule has 0 bridgehead atoms. The fraction of sp³-hybridized carbons (Fsp3) is 0.